The lowest BCUT2D eigenvalue weighted by atomic mass is 10.0. The number of hydrogen-bond acceptors (Lipinski definition) is 1. The maximum Gasteiger partial charge on any atom is 0.225 e. The van der Waals surface area contributed by atoms with E-state index in [1.165, 1.54) is 6.07 Å². The van der Waals surface area contributed by atoms with Gasteiger partial charge in [-0.25, -0.2) is 4.39 Å². The average molecular weight is 258 g/mol. The van der Waals surface area contributed by atoms with Gasteiger partial charge >= 0.3 is 0 Å². The van der Waals surface area contributed by atoms with E-state index >= 15 is 0 Å². The van der Waals surface area contributed by atoms with Crippen molar-refractivity contribution in [3.05, 3.63) is 33.5 Å². The fraction of sp³-hybridized carbons (Fsp3) is 0.300. The van der Waals surface area contributed by atoms with E-state index in [0.29, 0.717) is 16.5 Å². The molecule has 0 saturated heterocycles. The van der Waals surface area contributed by atoms with Gasteiger partial charge in [0, 0.05) is 10.0 Å². The number of hydrogen-bond donors (Lipinski definition) is 1. The van der Waals surface area contributed by atoms with Gasteiger partial charge in [-0.2, -0.15) is 0 Å². The molecule has 74 valence electrons. The Balaban J connectivity index is 2.54. The summed E-state index contributed by atoms with van der Waals surface area (Å²) in [5, 5.41) is 0. The molecule has 0 heterocycles. The molecule has 0 spiro atoms. The van der Waals surface area contributed by atoms with E-state index < -0.39 is 11.8 Å². The van der Waals surface area contributed by atoms with Crippen molar-refractivity contribution in [2.24, 2.45) is 5.73 Å². The number of benzene rings is 1. The van der Waals surface area contributed by atoms with E-state index in [9.17, 15) is 9.18 Å². The molecule has 2 N–H and O–H groups in total. The number of nitrogens with two attached hydrogens (primary N) is 1. The molecule has 4 heteroatoms. The predicted octanol–water partition coefficient (Wildman–Crippen LogP) is 2.10. The van der Waals surface area contributed by atoms with Crippen LogP contribution in [0.25, 0.3) is 0 Å². The number of carbonyl (C=O) groups is 1. The fourth-order valence-electron chi connectivity index (χ4n) is 1.96. The maximum atomic E-state index is 13.5. The lowest BCUT2D eigenvalue weighted by Gasteiger charge is -2.08. The van der Waals surface area contributed by atoms with Gasteiger partial charge in [0.25, 0.3) is 0 Å². The third kappa shape index (κ3) is 1.43. The molecule has 14 heavy (non-hydrogen) atoms. The van der Waals surface area contributed by atoms with Gasteiger partial charge in [0.15, 0.2) is 0 Å². The topological polar surface area (TPSA) is 43.1 Å². The third-order valence-electron chi connectivity index (χ3n) is 2.57. The first kappa shape index (κ1) is 9.65. The summed E-state index contributed by atoms with van der Waals surface area (Å²) in [6.07, 6.45) is 1.34. The highest BCUT2D eigenvalue weighted by molar-refractivity contribution is 9.10. The summed E-state index contributed by atoms with van der Waals surface area (Å²) in [7, 11) is 0. The lowest BCUT2D eigenvalue weighted by Crippen LogP contribution is -2.20. The van der Waals surface area contributed by atoms with Crippen LogP contribution in [0, 0.1) is 5.82 Å². The highest BCUT2D eigenvalue weighted by Gasteiger charge is 2.30. The number of amides is 1. The second-order valence-electron chi connectivity index (χ2n) is 3.45. The van der Waals surface area contributed by atoms with Gasteiger partial charge in [0.2, 0.25) is 5.91 Å². The molecule has 0 aromatic heterocycles. The van der Waals surface area contributed by atoms with Crippen molar-refractivity contribution in [1.29, 1.82) is 0 Å². The van der Waals surface area contributed by atoms with Gasteiger partial charge in [0.1, 0.15) is 5.82 Å². The Labute approximate surface area is 89.4 Å². The van der Waals surface area contributed by atoms with Crippen molar-refractivity contribution < 1.29 is 9.18 Å². The van der Waals surface area contributed by atoms with Gasteiger partial charge in [-0.3, -0.25) is 4.79 Å². The summed E-state index contributed by atoms with van der Waals surface area (Å²) in [6, 6.07) is 3.22. The van der Waals surface area contributed by atoms with Crippen LogP contribution in [0.2, 0.25) is 0 Å². The molecule has 2 nitrogen and oxygen atoms in total. The molecule has 1 unspecified atom stereocenters. The maximum absolute atomic E-state index is 13.5. The minimum Gasteiger partial charge on any atom is -0.369 e. The quantitative estimate of drug-likeness (QED) is 0.823. The molecule has 2 rings (SSSR count). The summed E-state index contributed by atoms with van der Waals surface area (Å²) in [4.78, 5) is 11.0. The molecule has 1 aliphatic carbocycles. The summed E-state index contributed by atoms with van der Waals surface area (Å²) in [5.74, 6) is -1.22. The van der Waals surface area contributed by atoms with E-state index in [2.05, 4.69) is 15.9 Å². The standard InChI is InChI=1S/C10H9BrFNO/c11-6-3-5-1-2-7(10(13)14)9(5)8(12)4-6/h3-4,7H,1-2H2,(H2,13,14). The SMILES string of the molecule is NC(=O)C1CCc2cc(Br)cc(F)c21. The Kier molecular flexibility index (Phi) is 2.31. The minimum absolute atomic E-state index is 0.337. The van der Waals surface area contributed by atoms with Crippen LogP contribution in [-0.4, -0.2) is 5.91 Å². The van der Waals surface area contributed by atoms with Crippen molar-refractivity contribution in [2.75, 3.05) is 0 Å². The summed E-state index contributed by atoms with van der Waals surface area (Å²) in [5.41, 5.74) is 6.58. The zero-order valence-electron chi connectivity index (χ0n) is 7.39. The van der Waals surface area contributed by atoms with Crippen LogP contribution in [-0.2, 0) is 11.2 Å². The van der Waals surface area contributed by atoms with E-state index in [1.54, 1.807) is 0 Å². The van der Waals surface area contributed by atoms with Crippen LogP contribution in [0.4, 0.5) is 4.39 Å². The zero-order valence-corrected chi connectivity index (χ0v) is 8.97. The Morgan fingerprint density at radius 3 is 2.93 bits per heavy atom. The molecule has 0 saturated carbocycles. The molecular weight excluding hydrogens is 249 g/mol. The first-order valence-electron chi connectivity index (χ1n) is 4.36. The first-order chi connectivity index (χ1) is 6.59. The molecule has 1 atom stereocenters. The smallest absolute Gasteiger partial charge is 0.225 e. The van der Waals surface area contributed by atoms with Crippen LogP contribution in [0.5, 0.6) is 0 Å². The van der Waals surface area contributed by atoms with Gasteiger partial charge in [-0.05, 0) is 30.5 Å². The summed E-state index contributed by atoms with van der Waals surface area (Å²) >= 11 is 3.22. The van der Waals surface area contributed by atoms with Crippen LogP contribution in [0.1, 0.15) is 23.5 Å². The van der Waals surface area contributed by atoms with Crippen LogP contribution >= 0.6 is 15.9 Å². The van der Waals surface area contributed by atoms with E-state index in [0.717, 1.165) is 12.0 Å². The van der Waals surface area contributed by atoms with Crippen LogP contribution in [0.15, 0.2) is 16.6 Å². The van der Waals surface area contributed by atoms with Crippen molar-refractivity contribution in [2.45, 2.75) is 18.8 Å². The van der Waals surface area contributed by atoms with Crippen molar-refractivity contribution in [1.82, 2.24) is 0 Å². The van der Waals surface area contributed by atoms with Crippen molar-refractivity contribution in [3.63, 3.8) is 0 Å². The van der Waals surface area contributed by atoms with Crippen molar-refractivity contribution in [3.8, 4) is 0 Å². The zero-order chi connectivity index (χ0) is 10.3. The molecular formula is C10H9BrFNO. The normalized spacial score (nSPS) is 19.4. The molecule has 1 aliphatic rings. The number of halogens is 2. The Morgan fingerprint density at radius 1 is 1.57 bits per heavy atom. The summed E-state index contributed by atoms with van der Waals surface area (Å²) in [6.45, 7) is 0. The summed E-state index contributed by atoms with van der Waals surface area (Å²) < 4.78 is 14.2. The Bertz CT molecular complexity index is 405. The number of rotatable bonds is 1. The monoisotopic (exact) mass is 257 g/mol. The van der Waals surface area contributed by atoms with Gasteiger partial charge < -0.3 is 5.73 Å². The largest absolute Gasteiger partial charge is 0.369 e. The number of aryl methyl sites for hydroxylation is 1. The highest BCUT2D eigenvalue weighted by atomic mass is 79.9. The molecule has 1 amide bonds. The minimum atomic E-state index is -0.446. The van der Waals surface area contributed by atoms with Gasteiger partial charge in [-0.1, -0.05) is 15.9 Å². The number of fused-ring (bicyclic) bond motifs is 1. The van der Waals surface area contributed by atoms with Crippen molar-refractivity contribution >= 4 is 21.8 Å². The molecule has 0 aliphatic heterocycles. The number of primary amides is 1. The second-order valence-corrected chi connectivity index (χ2v) is 4.37. The average Bonchev–Trinajstić information content (AvgIpc) is 2.47. The molecule has 0 fully saturated rings. The van der Waals surface area contributed by atoms with Crippen LogP contribution in [0.3, 0.4) is 0 Å². The predicted molar refractivity (Wildman–Crippen MR) is 54.4 cm³/mol. The highest BCUT2D eigenvalue weighted by Crippen LogP contribution is 2.36. The molecule has 1 aromatic rings. The number of carbonyl (C=O) groups excluding carboxylic acids is 1. The van der Waals surface area contributed by atoms with E-state index in [1.807, 2.05) is 6.07 Å². The molecule has 0 radical (unpaired) electrons. The Hall–Kier alpha value is -0.900. The molecule has 0 bridgehead atoms. The second kappa shape index (κ2) is 3.35. The van der Waals surface area contributed by atoms with E-state index in [4.69, 9.17) is 5.73 Å². The van der Waals surface area contributed by atoms with Gasteiger partial charge in [-0.15, -0.1) is 0 Å². The lowest BCUT2D eigenvalue weighted by molar-refractivity contribution is -0.119. The first-order valence-corrected chi connectivity index (χ1v) is 5.16. The van der Waals surface area contributed by atoms with Crippen LogP contribution < -0.4 is 5.73 Å². The fourth-order valence-corrected chi connectivity index (χ4v) is 2.44. The van der Waals surface area contributed by atoms with E-state index in [-0.39, 0.29) is 5.82 Å². The van der Waals surface area contributed by atoms with Gasteiger partial charge in [0.05, 0.1) is 5.92 Å². The third-order valence-corrected chi connectivity index (χ3v) is 3.03. The molecule has 1 aromatic carbocycles. The Morgan fingerprint density at radius 2 is 2.29 bits per heavy atom.